The lowest BCUT2D eigenvalue weighted by molar-refractivity contribution is -0.122. The van der Waals surface area contributed by atoms with E-state index in [9.17, 15) is 4.79 Å². The van der Waals surface area contributed by atoms with Gasteiger partial charge in [0.1, 0.15) is 5.52 Å². The van der Waals surface area contributed by atoms with E-state index in [2.05, 4.69) is 37.5 Å². The van der Waals surface area contributed by atoms with E-state index >= 15 is 0 Å². The van der Waals surface area contributed by atoms with Gasteiger partial charge < -0.3 is 10.3 Å². The van der Waals surface area contributed by atoms with Crippen molar-refractivity contribution in [3.8, 4) is 0 Å². The molecule has 0 saturated carbocycles. The van der Waals surface area contributed by atoms with Crippen LogP contribution in [0.5, 0.6) is 0 Å². The highest BCUT2D eigenvalue weighted by Crippen LogP contribution is 2.26. The number of hydrogen-bond donors (Lipinski definition) is 3. The number of aromatic amines is 1. The van der Waals surface area contributed by atoms with E-state index < -0.39 is 5.54 Å². The fourth-order valence-electron chi connectivity index (χ4n) is 2.83. The SMILES string of the molecule is CCCC1(C(=O)Nc2nc(Cl)c3[nH]cnc3n2)CCCN1. The Labute approximate surface area is 126 Å². The van der Waals surface area contributed by atoms with Gasteiger partial charge in [0.2, 0.25) is 11.9 Å². The minimum atomic E-state index is -0.523. The topological polar surface area (TPSA) is 95.6 Å². The van der Waals surface area contributed by atoms with E-state index in [1.165, 1.54) is 6.33 Å². The molecule has 112 valence electrons. The molecule has 1 atom stereocenters. The highest BCUT2D eigenvalue weighted by atomic mass is 35.5. The number of fused-ring (bicyclic) bond motifs is 1. The van der Waals surface area contributed by atoms with E-state index in [-0.39, 0.29) is 17.0 Å². The summed E-state index contributed by atoms with van der Waals surface area (Å²) in [5, 5.41) is 6.33. The van der Waals surface area contributed by atoms with Gasteiger partial charge >= 0.3 is 0 Å². The highest BCUT2D eigenvalue weighted by molar-refractivity contribution is 6.33. The van der Waals surface area contributed by atoms with Crippen molar-refractivity contribution in [2.45, 2.75) is 38.1 Å². The molecule has 2 aromatic rings. The Kier molecular flexibility index (Phi) is 3.77. The first-order chi connectivity index (χ1) is 10.1. The Hall–Kier alpha value is -1.73. The summed E-state index contributed by atoms with van der Waals surface area (Å²) in [5.41, 5.74) is 0.483. The van der Waals surface area contributed by atoms with E-state index in [4.69, 9.17) is 11.6 Å². The minimum Gasteiger partial charge on any atom is -0.341 e. The molecule has 8 heteroatoms. The zero-order valence-corrected chi connectivity index (χ0v) is 12.5. The van der Waals surface area contributed by atoms with Gasteiger partial charge in [-0.25, -0.2) is 4.98 Å². The van der Waals surface area contributed by atoms with Crippen LogP contribution in [0.25, 0.3) is 11.2 Å². The van der Waals surface area contributed by atoms with Crippen molar-refractivity contribution in [1.82, 2.24) is 25.3 Å². The molecule has 3 N–H and O–H groups in total. The quantitative estimate of drug-likeness (QED) is 0.749. The molecule has 3 rings (SSSR count). The number of aromatic nitrogens is 4. The van der Waals surface area contributed by atoms with Crippen molar-refractivity contribution in [2.24, 2.45) is 0 Å². The molecular weight excluding hydrogens is 292 g/mol. The smallest absolute Gasteiger partial charge is 0.247 e. The zero-order valence-electron chi connectivity index (χ0n) is 11.7. The first kappa shape index (κ1) is 14.2. The number of anilines is 1. The molecule has 1 aliphatic heterocycles. The van der Waals surface area contributed by atoms with Gasteiger partial charge in [-0.1, -0.05) is 24.9 Å². The summed E-state index contributed by atoms with van der Waals surface area (Å²) >= 11 is 6.05. The number of imidazole rings is 1. The molecule has 0 radical (unpaired) electrons. The molecule has 7 nitrogen and oxygen atoms in total. The van der Waals surface area contributed by atoms with Crippen molar-refractivity contribution in [3.05, 3.63) is 11.5 Å². The number of nitrogens with one attached hydrogen (secondary N) is 3. The molecule has 1 aliphatic rings. The lowest BCUT2D eigenvalue weighted by atomic mass is 9.91. The first-order valence-electron chi connectivity index (χ1n) is 7.08. The summed E-state index contributed by atoms with van der Waals surface area (Å²) in [6, 6.07) is 0. The van der Waals surface area contributed by atoms with Crippen LogP contribution in [0.2, 0.25) is 5.15 Å². The maximum absolute atomic E-state index is 12.6. The minimum absolute atomic E-state index is 0.104. The second-order valence-corrected chi connectivity index (χ2v) is 5.61. The number of hydrogen-bond acceptors (Lipinski definition) is 5. The molecule has 3 heterocycles. The Bertz CT molecular complexity index is 664. The molecule has 0 spiro atoms. The largest absolute Gasteiger partial charge is 0.341 e. The summed E-state index contributed by atoms with van der Waals surface area (Å²) in [6.45, 7) is 2.92. The molecule has 0 bridgehead atoms. The van der Waals surface area contributed by atoms with Crippen molar-refractivity contribution >= 4 is 34.6 Å². The van der Waals surface area contributed by atoms with Crippen molar-refractivity contribution < 1.29 is 4.79 Å². The summed E-state index contributed by atoms with van der Waals surface area (Å²) in [5.74, 6) is 0.0848. The fraction of sp³-hybridized carbons (Fsp3) is 0.538. The van der Waals surface area contributed by atoms with E-state index in [0.717, 1.165) is 32.2 Å². The summed E-state index contributed by atoms with van der Waals surface area (Å²) < 4.78 is 0. The monoisotopic (exact) mass is 308 g/mol. The van der Waals surface area contributed by atoms with E-state index in [1.807, 2.05) is 0 Å². The third-order valence-corrected chi connectivity index (χ3v) is 4.10. The Balaban J connectivity index is 1.85. The maximum atomic E-state index is 12.6. The van der Waals surface area contributed by atoms with Gasteiger partial charge in [-0.3, -0.25) is 10.1 Å². The van der Waals surface area contributed by atoms with Crippen molar-refractivity contribution in [3.63, 3.8) is 0 Å². The van der Waals surface area contributed by atoms with Gasteiger partial charge in [-0.2, -0.15) is 9.97 Å². The van der Waals surface area contributed by atoms with E-state index in [1.54, 1.807) is 0 Å². The normalized spacial score (nSPS) is 21.8. The number of H-pyrrole nitrogens is 1. The van der Waals surface area contributed by atoms with Crippen LogP contribution in [-0.4, -0.2) is 37.9 Å². The van der Waals surface area contributed by atoms with E-state index in [0.29, 0.717) is 11.2 Å². The third kappa shape index (κ3) is 2.58. The van der Waals surface area contributed by atoms with Gasteiger partial charge in [-0.05, 0) is 25.8 Å². The van der Waals surface area contributed by atoms with Crippen LogP contribution in [-0.2, 0) is 4.79 Å². The average Bonchev–Trinajstić information content (AvgIpc) is 3.08. The zero-order chi connectivity index (χ0) is 14.9. The van der Waals surface area contributed by atoms with Crippen LogP contribution in [0.4, 0.5) is 5.95 Å². The van der Waals surface area contributed by atoms with Gasteiger partial charge in [0.15, 0.2) is 10.8 Å². The number of carbonyl (C=O) groups excluding carboxylic acids is 1. The third-order valence-electron chi connectivity index (χ3n) is 3.82. The second kappa shape index (κ2) is 5.57. The molecule has 0 aromatic carbocycles. The molecule has 1 saturated heterocycles. The molecule has 2 aromatic heterocycles. The molecular formula is C13H17ClN6O. The van der Waals surface area contributed by atoms with Crippen LogP contribution in [0.3, 0.4) is 0 Å². The first-order valence-corrected chi connectivity index (χ1v) is 7.45. The molecule has 1 amide bonds. The summed E-state index contributed by atoms with van der Waals surface area (Å²) in [7, 11) is 0. The predicted octanol–water partition coefficient (Wildman–Crippen LogP) is 1.87. The average molecular weight is 309 g/mol. The van der Waals surface area contributed by atoms with Crippen LogP contribution >= 0.6 is 11.6 Å². The maximum Gasteiger partial charge on any atom is 0.247 e. The number of halogens is 1. The highest BCUT2D eigenvalue weighted by Gasteiger charge is 2.40. The predicted molar refractivity (Wildman–Crippen MR) is 80.2 cm³/mol. The van der Waals surface area contributed by atoms with Crippen molar-refractivity contribution in [1.29, 1.82) is 0 Å². The van der Waals surface area contributed by atoms with Crippen molar-refractivity contribution in [2.75, 3.05) is 11.9 Å². The lowest BCUT2D eigenvalue weighted by Gasteiger charge is -2.27. The number of rotatable bonds is 4. The van der Waals surface area contributed by atoms with Crippen LogP contribution in [0.15, 0.2) is 6.33 Å². The lowest BCUT2D eigenvalue weighted by Crippen LogP contribution is -2.50. The molecule has 1 unspecified atom stereocenters. The number of nitrogens with zero attached hydrogens (tertiary/aromatic N) is 3. The van der Waals surface area contributed by atoms with Gasteiger partial charge in [0, 0.05) is 0 Å². The standard InChI is InChI=1S/C13H17ClN6O/c1-2-4-13(5-3-6-17-13)11(21)20-12-18-9(14)8-10(19-12)16-7-15-8/h7,17H,2-6H2,1H3,(H2,15,16,18,19,20,21). The molecule has 21 heavy (non-hydrogen) atoms. The van der Waals surface area contributed by atoms with Crippen LogP contribution in [0, 0.1) is 0 Å². The van der Waals surface area contributed by atoms with Crippen LogP contribution < -0.4 is 10.6 Å². The molecule has 1 fully saturated rings. The van der Waals surface area contributed by atoms with Crippen LogP contribution in [0.1, 0.15) is 32.6 Å². The Morgan fingerprint density at radius 3 is 3.10 bits per heavy atom. The summed E-state index contributed by atoms with van der Waals surface area (Å²) in [6.07, 6.45) is 5.03. The molecule has 0 aliphatic carbocycles. The Morgan fingerprint density at radius 1 is 1.52 bits per heavy atom. The number of amides is 1. The number of carbonyl (C=O) groups is 1. The second-order valence-electron chi connectivity index (χ2n) is 5.26. The van der Waals surface area contributed by atoms with Gasteiger partial charge in [0.05, 0.1) is 11.9 Å². The fourth-order valence-corrected chi connectivity index (χ4v) is 3.05. The van der Waals surface area contributed by atoms with Gasteiger partial charge in [0.25, 0.3) is 0 Å². The Morgan fingerprint density at radius 2 is 2.38 bits per heavy atom. The summed E-state index contributed by atoms with van der Waals surface area (Å²) in [4.78, 5) is 27.8. The van der Waals surface area contributed by atoms with Gasteiger partial charge in [-0.15, -0.1) is 0 Å².